The van der Waals surface area contributed by atoms with E-state index in [0.717, 1.165) is 11.4 Å². The molecule has 2 aromatic rings. The number of methoxy groups -OCH3 is 1. The van der Waals surface area contributed by atoms with Crippen molar-refractivity contribution in [2.24, 2.45) is 0 Å². The SMILES string of the molecule is COC(=O)c1ccc(Nc2ccc(C)nc2)c(Cl)c1. The van der Waals surface area contributed by atoms with Gasteiger partial charge in [-0.1, -0.05) is 11.6 Å². The summed E-state index contributed by atoms with van der Waals surface area (Å²) < 4.78 is 4.63. The smallest absolute Gasteiger partial charge is 0.337 e. The summed E-state index contributed by atoms with van der Waals surface area (Å²) in [7, 11) is 1.33. The van der Waals surface area contributed by atoms with Gasteiger partial charge in [-0.2, -0.15) is 0 Å². The van der Waals surface area contributed by atoms with Crippen LogP contribution in [0, 0.1) is 6.92 Å². The van der Waals surface area contributed by atoms with E-state index in [2.05, 4.69) is 15.0 Å². The molecule has 0 bridgehead atoms. The highest BCUT2D eigenvalue weighted by molar-refractivity contribution is 6.33. The Morgan fingerprint density at radius 1 is 1.32 bits per heavy atom. The number of aryl methyl sites for hydroxylation is 1. The normalized spacial score (nSPS) is 10.1. The van der Waals surface area contributed by atoms with Gasteiger partial charge in [0.05, 0.1) is 35.3 Å². The van der Waals surface area contributed by atoms with Crippen molar-refractivity contribution in [1.82, 2.24) is 4.98 Å². The van der Waals surface area contributed by atoms with Crippen LogP contribution in [-0.2, 0) is 4.74 Å². The summed E-state index contributed by atoms with van der Waals surface area (Å²) in [6.45, 7) is 1.92. The van der Waals surface area contributed by atoms with E-state index in [0.29, 0.717) is 16.3 Å². The fourth-order valence-electron chi connectivity index (χ4n) is 1.56. The third-order valence-electron chi connectivity index (χ3n) is 2.58. The molecule has 1 aromatic heterocycles. The lowest BCUT2D eigenvalue weighted by molar-refractivity contribution is 0.0601. The number of benzene rings is 1. The van der Waals surface area contributed by atoms with E-state index in [-0.39, 0.29) is 0 Å². The number of aromatic nitrogens is 1. The molecule has 0 saturated heterocycles. The fourth-order valence-corrected chi connectivity index (χ4v) is 1.79. The summed E-state index contributed by atoms with van der Waals surface area (Å²) >= 11 is 6.12. The molecule has 0 fully saturated rings. The second-order valence-electron chi connectivity index (χ2n) is 4.00. The zero-order valence-corrected chi connectivity index (χ0v) is 11.4. The standard InChI is InChI=1S/C14H13ClN2O2/c1-9-3-5-11(8-16-9)17-13-6-4-10(7-12(13)15)14(18)19-2/h3-8,17H,1-2H3. The highest BCUT2D eigenvalue weighted by atomic mass is 35.5. The van der Waals surface area contributed by atoms with Crippen molar-refractivity contribution in [3.05, 3.63) is 52.8 Å². The third-order valence-corrected chi connectivity index (χ3v) is 2.89. The van der Waals surface area contributed by atoms with E-state index < -0.39 is 5.97 Å². The molecule has 98 valence electrons. The summed E-state index contributed by atoms with van der Waals surface area (Å²) in [6.07, 6.45) is 1.72. The van der Waals surface area contributed by atoms with Gasteiger partial charge in [0.2, 0.25) is 0 Å². The van der Waals surface area contributed by atoms with Gasteiger partial charge in [0, 0.05) is 5.69 Å². The number of pyridine rings is 1. The molecule has 0 atom stereocenters. The Bertz CT molecular complexity index is 597. The fraction of sp³-hybridized carbons (Fsp3) is 0.143. The first kappa shape index (κ1) is 13.4. The minimum absolute atomic E-state index is 0.412. The lowest BCUT2D eigenvalue weighted by Gasteiger charge is -2.09. The number of anilines is 2. The Labute approximate surface area is 116 Å². The predicted molar refractivity (Wildman–Crippen MR) is 75.0 cm³/mol. The first-order chi connectivity index (χ1) is 9.10. The largest absolute Gasteiger partial charge is 0.465 e. The molecule has 0 aliphatic rings. The molecule has 1 heterocycles. The molecule has 0 aliphatic carbocycles. The van der Waals surface area contributed by atoms with E-state index in [4.69, 9.17) is 11.6 Å². The van der Waals surface area contributed by atoms with E-state index in [1.807, 2.05) is 19.1 Å². The minimum Gasteiger partial charge on any atom is -0.465 e. The van der Waals surface area contributed by atoms with Crippen LogP contribution >= 0.6 is 11.6 Å². The summed E-state index contributed by atoms with van der Waals surface area (Å²) in [5, 5.41) is 3.58. The summed E-state index contributed by atoms with van der Waals surface area (Å²) in [5.41, 5.74) is 2.90. The average Bonchev–Trinajstić information content (AvgIpc) is 2.42. The van der Waals surface area contributed by atoms with Gasteiger partial charge in [-0.3, -0.25) is 4.98 Å². The van der Waals surface area contributed by atoms with Gasteiger partial charge in [0.1, 0.15) is 0 Å². The van der Waals surface area contributed by atoms with Crippen LogP contribution in [0.2, 0.25) is 5.02 Å². The number of esters is 1. The van der Waals surface area contributed by atoms with Gasteiger partial charge in [0.15, 0.2) is 0 Å². The number of halogens is 1. The van der Waals surface area contributed by atoms with Crippen LogP contribution in [0.3, 0.4) is 0 Å². The molecule has 1 aromatic carbocycles. The zero-order valence-electron chi connectivity index (χ0n) is 10.6. The Hall–Kier alpha value is -2.07. The third kappa shape index (κ3) is 3.23. The number of ether oxygens (including phenoxy) is 1. The molecule has 0 amide bonds. The summed E-state index contributed by atoms with van der Waals surface area (Å²) in [6, 6.07) is 8.76. The van der Waals surface area contributed by atoms with Gasteiger partial charge in [-0.15, -0.1) is 0 Å². The molecule has 1 N–H and O–H groups in total. The monoisotopic (exact) mass is 276 g/mol. The molecular weight excluding hydrogens is 264 g/mol. The van der Waals surface area contributed by atoms with Gasteiger partial charge in [-0.05, 0) is 37.3 Å². The Morgan fingerprint density at radius 2 is 2.11 bits per heavy atom. The molecule has 2 rings (SSSR count). The molecule has 19 heavy (non-hydrogen) atoms. The Balaban J connectivity index is 2.22. The van der Waals surface area contributed by atoms with Gasteiger partial charge in [-0.25, -0.2) is 4.79 Å². The number of nitrogens with one attached hydrogen (secondary N) is 1. The number of carbonyl (C=O) groups is 1. The maximum Gasteiger partial charge on any atom is 0.337 e. The highest BCUT2D eigenvalue weighted by Crippen LogP contribution is 2.26. The van der Waals surface area contributed by atoms with Gasteiger partial charge >= 0.3 is 5.97 Å². The van der Waals surface area contributed by atoms with Crippen LogP contribution < -0.4 is 5.32 Å². The maximum atomic E-state index is 11.4. The van der Waals surface area contributed by atoms with Crippen molar-refractivity contribution in [3.63, 3.8) is 0 Å². The second kappa shape index (κ2) is 5.71. The van der Waals surface area contributed by atoms with Crippen LogP contribution in [0.4, 0.5) is 11.4 Å². The van der Waals surface area contributed by atoms with E-state index in [9.17, 15) is 4.79 Å². The first-order valence-corrected chi connectivity index (χ1v) is 6.05. The van der Waals surface area contributed by atoms with Crippen molar-refractivity contribution in [3.8, 4) is 0 Å². The van der Waals surface area contributed by atoms with Crippen molar-refractivity contribution < 1.29 is 9.53 Å². The van der Waals surface area contributed by atoms with Crippen molar-refractivity contribution >= 4 is 28.9 Å². The Kier molecular flexibility index (Phi) is 4.02. The number of rotatable bonds is 3. The molecule has 5 heteroatoms. The lowest BCUT2D eigenvalue weighted by Crippen LogP contribution is -2.01. The predicted octanol–water partition coefficient (Wildman–Crippen LogP) is 3.57. The van der Waals surface area contributed by atoms with Crippen molar-refractivity contribution in [2.45, 2.75) is 6.92 Å². The zero-order chi connectivity index (χ0) is 13.8. The van der Waals surface area contributed by atoms with Crippen LogP contribution in [0.15, 0.2) is 36.5 Å². The van der Waals surface area contributed by atoms with E-state index in [1.54, 1.807) is 24.4 Å². The number of nitrogens with zero attached hydrogens (tertiary/aromatic N) is 1. The summed E-state index contributed by atoms with van der Waals surface area (Å²) in [4.78, 5) is 15.5. The average molecular weight is 277 g/mol. The minimum atomic E-state index is -0.412. The first-order valence-electron chi connectivity index (χ1n) is 5.67. The Morgan fingerprint density at radius 3 is 2.68 bits per heavy atom. The molecule has 0 radical (unpaired) electrons. The van der Waals surface area contributed by atoms with Crippen molar-refractivity contribution in [2.75, 3.05) is 12.4 Å². The second-order valence-corrected chi connectivity index (χ2v) is 4.41. The van der Waals surface area contributed by atoms with Crippen LogP contribution in [0.5, 0.6) is 0 Å². The van der Waals surface area contributed by atoms with Crippen LogP contribution in [-0.4, -0.2) is 18.1 Å². The van der Waals surface area contributed by atoms with Crippen LogP contribution in [0.1, 0.15) is 16.1 Å². The van der Waals surface area contributed by atoms with Crippen LogP contribution in [0.25, 0.3) is 0 Å². The maximum absolute atomic E-state index is 11.4. The van der Waals surface area contributed by atoms with Gasteiger partial charge in [0.25, 0.3) is 0 Å². The topological polar surface area (TPSA) is 51.2 Å². The van der Waals surface area contributed by atoms with Gasteiger partial charge < -0.3 is 10.1 Å². The van der Waals surface area contributed by atoms with E-state index in [1.165, 1.54) is 7.11 Å². The number of hydrogen-bond acceptors (Lipinski definition) is 4. The molecule has 0 aliphatic heterocycles. The molecule has 4 nitrogen and oxygen atoms in total. The molecule has 0 spiro atoms. The lowest BCUT2D eigenvalue weighted by atomic mass is 10.2. The highest BCUT2D eigenvalue weighted by Gasteiger charge is 2.08. The summed E-state index contributed by atoms with van der Waals surface area (Å²) in [5.74, 6) is -0.412. The number of hydrogen-bond donors (Lipinski definition) is 1. The quantitative estimate of drug-likeness (QED) is 0.871. The number of carbonyl (C=O) groups excluding carboxylic acids is 1. The molecular formula is C14H13ClN2O2. The van der Waals surface area contributed by atoms with Crippen molar-refractivity contribution in [1.29, 1.82) is 0 Å². The van der Waals surface area contributed by atoms with E-state index >= 15 is 0 Å². The molecule has 0 unspecified atom stereocenters. The molecule has 0 saturated carbocycles.